The fourth-order valence-corrected chi connectivity index (χ4v) is 7.29. The van der Waals surface area contributed by atoms with Gasteiger partial charge in [0.15, 0.2) is 5.82 Å². The third-order valence-corrected chi connectivity index (χ3v) is 10.5. The van der Waals surface area contributed by atoms with Gasteiger partial charge in [-0.1, -0.05) is 24.3 Å². The summed E-state index contributed by atoms with van der Waals surface area (Å²) in [5.74, 6) is 0.696. The van der Waals surface area contributed by atoms with Gasteiger partial charge in [-0.15, -0.1) is 0 Å². The Hall–Kier alpha value is -5.70. The molecule has 0 spiro atoms. The van der Waals surface area contributed by atoms with Crippen molar-refractivity contribution in [3.8, 4) is 22.5 Å². The number of ether oxygens (including phenoxy) is 1. The summed E-state index contributed by atoms with van der Waals surface area (Å²) in [6, 6.07) is 16.1. The highest BCUT2D eigenvalue weighted by Gasteiger charge is 2.30. The first-order valence-electron chi connectivity index (χ1n) is 19.3. The van der Waals surface area contributed by atoms with Gasteiger partial charge in [0, 0.05) is 68.1 Å². The van der Waals surface area contributed by atoms with Crippen LogP contribution < -0.4 is 20.9 Å². The molecule has 2 aromatic heterocycles. The Balaban J connectivity index is 1.11. The quantitative estimate of drug-likeness (QED) is 0.115. The number of carbonyl (C=O) groups excluding carboxylic acids is 3. The summed E-state index contributed by atoms with van der Waals surface area (Å²) in [4.78, 5) is 63.4. The summed E-state index contributed by atoms with van der Waals surface area (Å²) in [5.41, 5.74) is 4.52. The molecule has 4 aromatic rings. The number of aryl methyl sites for hydroxylation is 1. The van der Waals surface area contributed by atoms with Crippen molar-refractivity contribution in [2.24, 2.45) is 11.8 Å². The lowest BCUT2D eigenvalue weighted by Crippen LogP contribution is -2.48. The number of benzene rings is 2. The average molecular weight is 800 g/mol. The second-order valence-corrected chi connectivity index (χ2v) is 16.1. The Morgan fingerprint density at radius 3 is 2.23 bits per heavy atom. The number of hydrogen-bond donors (Lipinski definition) is 5. The molecule has 1 aliphatic heterocycles. The van der Waals surface area contributed by atoms with Crippen molar-refractivity contribution in [2.45, 2.75) is 71.4 Å². The molecule has 1 saturated heterocycles. The molecular formula is C41H50ClN9O6. The molecule has 5 N–H and O–H groups in total. The fraction of sp³-hybridized carbons (Fsp3) is 0.439. The van der Waals surface area contributed by atoms with Gasteiger partial charge in [-0.25, -0.2) is 19.7 Å². The SMILES string of the molecule is Cc1cc(N2CCN(C(=O)O)CC2)ncc1-c1ccc(C[C@H](NC(=O)C2CCC(CNC(=O)OC(C)(C)C)CC2)C(=O)Nc2ccc(-c3n[nH]c(Cl)n3)cc2)cc1. The van der Waals surface area contributed by atoms with Gasteiger partial charge in [0.1, 0.15) is 17.5 Å². The lowest BCUT2D eigenvalue weighted by atomic mass is 9.81. The van der Waals surface area contributed by atoms with E-state index < -0.39 is 23.8 Å². The van der Waals surface area contributed by atoms with Gasteiger partial charge in [-0.3, -0.25) is 9.59 Å². The highest BCUT2D eigenvalue weighted by Crippen LogP contribution is 2.30. The first kappa shape index (κ1) is 40.9. The smallest absolute Gasteiger partial charge is 0.407 e. The molecule has 16 heteroatoms. The van der Waals surface area contributed by atoms with E-state index in [-0.39, 0.29) is 35.4 Å². The number of aromatic nitrogens is 4. The first-order chi connectivity index (χ1) is 27.2. The molecule has 0 bridgehead atoms. The zero-order valence-corrected chi connectivity index (χ0v) is 33.4. The number of aromatic amines is 1. The minimum absolute atomic E-state index is 0.173. The van der Waals surface area contributed by atoms with E-state index in [1.807, 2.05) is 64.2 Å². The number of halogens is 1. The predicted molar refractivity (Wildman–Crippen MR) is 217 cm³/mol. The summed E-state index contributed by atoms with van der Waals surface area (Å²) in [7, 11) is 0. The van der Waals surface area contributed by atoms with Crippen LogP contribution in [0.1, 0.15) is 57.6 Å². The second-order valence-electron chi connectivity index (χ2n) is 15.7. The van der Waals surface area contributed by atoms with E-state index >= 15 is 0 Å². The number of carbonyl (C=O) groups is 4. The number of nitrogens with zero attached hydrogens (tertiary/aromatic N) is 5. The standard InChI is InChI=1S/C41H50ClN9O6/c1-25-21-34(50-17-19-51(20-18-50)40(55)56)43-24-32(25)28-9-5-26(6-10-28)22-33(37(53)45-31-15-13-29(14-16-31)35-47-38(42)49-48-35)46-36(52)30-11-7-27(8-12-30)23-44-39(54)57-41(2,3)4/h5-6,9-10,13-16,21,24,27,30,33H,7-8,11-12,17-20,22-23H2,1-4H3,(H,44,54)(H,45,53)(H,46,52)(H,55,56)(H,47,48,49)/t27?,30?,33-/m0/s1. The maximum absolute atomic E-state index is 13.9. The number of H-pyrrole nitrogens is 1. The van der Waals surface area contributed by atoms with Gasteiger partial charge in [0.2, 0.25) is 17.1 Å². The predicted octanol–water partition coefficient (Wildman–Crippen LogP) is 6.29. The van der Waals surface area contributed by atoms with Gasteiger partial charge in [-0.05, 0) is 118 Å². The Kier molecular flexibility index (Phi) is 13.0. The molecule has 2 aromatic carbocycles. The molecular weight excluding hydrogens is 750 g/mol. The highest BCUT2D eigenvalue weighted by atomic mass is 35.5. The minimum atomic E-state index is -0.905. The van der Waals surface area contributed by atoms with E-state index in [2.05, 4.69) is 36.0 Å². The Labute approximate surface area is 336 Å². The third kappa shape index (κ3) is 11.2. The van der Waals surface area contributed by atoms with E-state index in [1.165, 1.54) is 4.90 Å². The summed E-state index contributed by atoms with van der Waals surface area (Å²) in [5, 5.41) is 25.0. The third-order valence-electron chi connectivity index (χ3n) is 10.3. The Bertz CT molecular complexity index is 2030. The number of amides is 4. The zero-order chi connectivity index (χ0) is 40.7. The highest BCUT2D eigenvalue weighted by molar-refractivity contribution is 6.28. The minimum Gasteiger partial charge on any atom is -0.465 e. The molecule has 0 radical (unpaired) electrons. The van der Waals surface area contributed by atoms with Crippen molar-refractivity contribution < 1.29 is 29.0 Å². The van der Waals surface area contributed by atoms with E-state index in [9.17, 15) is 24.3 Å². The number of alkyl carbamates (subject to hydrolysis) is 1. The average Bonchev–Trinajstić information content (AvgIpc) is 3.63. The number of anilines is 2. The van der Waals surface area contributed by atoms with Gasteiger partial charge in [0.25, 0.3) is 0 Å². The van der Waals surface area contributed by atoms with Crippen LogP contribution in [0, 0.1) is 18.8 Å². The van der Waals surface area contributed by atoms with Gasteiger partial charge < -0.3 is 35.6 Å². The largest absolute Gasteiger partial charge is 0.465 e. The maximum Gasteiger partial charge on any atom is 0.407 e. The molecule has 6 rings (SSSR count). The van der Waals surface area contributed by atoms with Gasteiger partial charge in [0.05, 0.1) is 0 Å². The Morgan fingerprint density at radius 1 is 0.965 bits per heavy atom. The monoisotopic (exact) mass is 799 g/mol. The summed E-state index contributed by atoms with van der Waals surface area (Å²) in [6.07, 6.45) is 3.58. The van der Waals surface area contributed by atoms with Gasteiger partial charge >= 0.3 is 12.2 Å². The van der Waals surface area contributed by atoms with E-state index in [0.29, 0.717) is 57.1 Å². The van der Waals surface area contributed by atoms with Gasteiger partial charge in [-0.2, -0.15) is 10.1 Å². The number of rotatable bonds is 11. The number of carboxylic acid groups (broad SMARTS) is 1. The van der Waals surface area contributed by atoms with Crippen molar-refractivity contribution in [3.63, 3.8) is 0 Å². The molecule has 1 atom stereocenters. The van der Waals surface area contributed by atoms with Crippen LogP contribution in [0.5, 0.6) is 0 Å². The van der Waals surface area contributed by atoms with Crippen LogP contribution in [0.25, 0.3) is 22.5 Å². The number of piperazine rings is 1. The molecule has 15 nitrogen and oxygen atoms in total. The molecule has 0 unspecified atom stereocenters. The molecule has 1 saturated carbocycles. The molecule has 1 aliphatic carbocycles. The Morgan fingerprint density at radius 2 is 1.63 bits per heavy atom. The number of nitrogens with one attached hydrogen (secondary N) is 4. The molecule has 57 heavy (non-hydrogen) atoms. The van der Waals surface area contributed by atoms with Crippen LogP contribution in [0.15, 0.2) is 60.8 Å². The lowest BCUT2D eigenvalue weighted by Gasteiger charge is -2.34. The van der Waals surface area contributed by atoms with E-state index in [4.69, 9.17) is 21.3 Å². The van der Waals surface area contributed by atoms with Crippen molar-refractivity contribution in [3.05, 3.63) is 77.2 Å². The zero-order valence-electron chi connectivity index (χ0n) is 32.7. The van der Waals surface area contributed by atoms with Crippen LogP contribution in [0.4, 0.5) is 21.1 Å². The topological polar surface area (TPSA) is 195 Å². The molecule has 4 amide bonds. The van der Waals surface area contributed by atoms with Crippen molar-refractivity contribution in [1.29, 1.82) is 0 Å². The lowest BCUT2D eigenvalue weighted by molar-refractivity contribution is -0.130. The molecule has 3 heterocycles. The van der Waals surface area contributed by atoms with Crippen LogP contribution in [0.3, 0.4) is 0 Å². The van der Waals surface area contributed by atoms with Crippen LogP contribution >= 0.6 is 11.6 Å². The number of pyridine rings is 1. The summed E-state index contributed by atoms with van der Waals surface area (Å²) >= 11 is 5.89. The van der Waals surface area contributed by atoms with E-state index in [1.54, 1.807) is 24.3 Å². The normalized spacial score (nSPS) is 17.7. The van der Waals surface area contributed by atoms with Crippen LogP contribution in [-0.2, 0) is 20.7 Å². The van der Waals surface area contributed by atoms with Crippen LogP contribution in [0.2, 0.25) is 5.28 Å². The first-order valence-corrected chi connectivity index (χ1v) is 19.6. The van der Waals surface area contributed by atoms with Crippen molar-refractivity contribution in [2.75, 3.05) is 42.9 Å². The van der Waals surface area contributed by atoms with Crippen molar-refractivity contribution in [1.82, 2.24) is 35.7 Å². The molecule has 2 fully saturated rings. The summed E-state index contributed by atoms with van der Waals surface area (Å²) < 4.78 is 5.36. The number of hydrogen-bond acceptors (Lipinski definition) is 9. The van der Waals surface area contributed by atoms with Crippen LogP contribution in [-0.4, -0.2) is 98.5 Å². The fourth-order valence-electron chi connectivity index (χ4n) is 7.17. The molecule has 302 valence electrons. The van der Waals surface area contributed by atoms with E-state index in [0.717, 1.165) is 46.5 Å². The van der Waals surface area contributed by atoms with Crippen molar-refractivity contribution >= 4 is 47.1 Å². The second kappa shape index (κ2) is 18.0. The maximum atomic E-state index is 13.9. The molecule has 2 aliphatic rings. The summed E-state index contributed by atoms with van der Waals surface area (Å²) in [6.45, 7) is 9.99.